The standard InChI is InChI=1S/C12H13NO2/c1-10(14)13(2)9-8-12(15)11-6-4-3-5-7-11/h3-9H,1-2H3. The minimum atomic E-state index is -0.108. The summed E-state index contributed by atoms with van der Waals surface area (Å²) in [5.41, 5.74) is 0.616. The van der Waals surface area contributed by atoms with Crippen LogP contribution in [0.25, 0.3) is 0 Å². The average molecular weight is 203 g/mol. The Morgan fingerprint density at radius 2 is 1.80 bits per heavy atom. The van der Waals surface area contributed by atoms with Gasteiger partial charge in [-0.25, -0.2) is 0 Å². The smallest absolute Gasteiger partial charge is 0.223 e. The number of hydrogen-bond donors (Lipinski definition) is 0. The summed E-state index contributed by atoms with van der Waals surface area (Å²) in [7, 11) is 1.61. The molecule has 1 aromatic carbocycles. The van der Waals surface area contributed by atoms with Gasteiger partial charge in [-0.2, -0.15) is 0 Å². The molecular weight excluding hydrogens is 190 g/mol. The van der Waals surface area contributed by atoms with Gasteiger partial charge in [0.1, 0.15) is 0 Å². The molecule has 0 heterocycles. The molecule has 3 nitrogen and oxygen atoms in total. The van der Waals surface area contributed by atoms with E-state index in [0.29, 0.717) is 5.56 Å². The first-order chi connectivity index (χ1) is 7.11. The van der Waals surface area contributed by atoms with Crippen LogP contribution in [0.15, 0.2) is 42.6 Å². The van der Waals surface area contributed by atoms with Crippen LogP contribution in [0.3, 0.4) is 0 Å². The molecule has 0 bridgehead atoms. The number of ketones is 1. The van der Waals surface area contributed by atoms with Gasteiger partial charge in [0.2, 0.25) is 5.91 Å². The number of rotatable bonds is 3. The highest BCUT2D eigenvalue weighted by Crippen LogP contribution is 2.01. The minimum Gasteiger partial charge on any atom is -0.322 e. The molecule has 0 fully saturated rings. The van der Waals surface area contributed by atoms with Gasteiger partial charge in [-0.05, 0) is 0 Å². The van der Waals surface area contributed by atoms with Gasteiger partial charge >= 0.3 is 0 Å². The van der Waals surface area contributed by atoms with Crippen LogP contribution >= 0.6 is 0 Å². The van der Waals surface area contributed by atoms with Crippen LogP contribution in [-0.2, 0) is 4.79 Å². The van der Waals surface area contributed by atoms with E-state index >= 15 is 0 Å². The summed E-state index contributed by atoms with van der Waals surface area (Å²) in [6.45, 7) is 1.44. The maximum atomic E-state index is 11.5. The summed E-state index contributed by atoms with van der Waals surface area (Å²) in [5.74, 6) is -0.212. The second-order valence-electron chi connectivity index (χ2n) is 3.18. The van der Waals surface area contributed by atoms with Crippen molar-refractivity contribution in [2.45, 2.75) is 6.92 Å². The molecule has 0 radical (unpaired) electrons. The number of allylic oxidation sites excluding steroid dienone is 1. The van der Waals surface area contributed by atoms with Crippen molar-refractivity contribution in [1.29, 1.82) is 0 Å². The van der Waals surface area contributed by atoms with Gasteiger partial charge in [0.25, 0.3) is 0 Å². The molecule has 1 aromatic rings. The lowest BCUT2D eigenvalue weighted by Crippen LogP contribution is -2.17. The number of hydrogen-bond acceptors (Lipinski definition) is 2. The fourth-order valence-electron chi connectivity index (χ4n) is 0.983. The van der Waals surface area contributed by atoms with Crippen LogP contribution in [0.1, 0.15) is 17.3 Å². The molecular formula is C12H13NO2. The van der Waals surface area contributed by atoms with Crippen molar-refractivity contribution in [3.63, 3.8) is 0 Å². The molecule has 0 aliphatic carbocycles. The summed E-state index contributed by atoms with van der Waals surface area (Å²) < 4.78 is 0. The van der Waals surface area contributed by atoms with E-state index in [1.807, 2.05) is 6.07 Å². The molecule has 0 aromatic heterocycles. The summed E-state index contributed by atoms with van der Waals surface area (Å²) >= 11 is 0. The van der Waals surface area contributed by atoms with E-state index in [1.54, 1.807) is 31.3 Å². The number of amides is 1. The zero-order chi connectivity index (χ0) is 11.3. The number of nitrogens with zero attached hydrogens (tertiary/aromatic N) is 1. The third-order valence-electron chi connectivity index (χ3n) is 2.00. The fourth-order valence-corrected chi connectivity index (χ4v) is 0.983. The van der Waals surface area contributed by atoms with Crippen LogP contribution in [0.5, 0.6) is 0 Å². The second kappa shape index (κ2) is 5.10. The molecule has 15 heavy (non-hydrogen) atoms. The zero-order valence-corrected chi connectivity index (χ0v) is 8.81. The van der Waals surface area contributed by atoms with E-state index < -0.39 is 0 Å². The topological polar surface area (TPSA) is 37.4 Å². The van der Waals surface area contributed by atoms with E-state index in [9.17, 15) is 9.59 Å². The number of carbonyl (C=O) groups is 2. The highest BCUT2D eigenvalue weighted by Gasteiger charge is 2.01. The first-order valence-corrected chi connectivity index (χ1v) is 4.62. The molecule has 0 N–H and O–H groups in total. The number of carbonyl (C=O) groups excluding carboxylic acids is 2. The molecule has 0 saturated carbocycles. The fraction of sp³-hybridized carbons (Fsp3) is 0.167. The van der Waals surface area contributed by atoms with Gasteiger partial charge in [-0.1, -0.05) is 30.3 Å². The predicted octanol–water partition coefficient (Wildman–Crippen LogP) is 1.86. The minimum absolute atomic E-state index is 0.105. The Morgan fingerprint density at radius 3 is 2.33 bits per heavy atom. The Morgan fingerprint density at radius 1 is 1.20 bits per heavy atom. The molecule has 0 aliphatic rings. The largest absolute Gasteiger partial charge is 0.322 e. The van der Waals surface area contributed by atoms with E-state index in [2.05, 4.69) is 0 Å². The second-order valence-corrected chi connectivity index (χ2v) is 3.18. The van der Waals surface area contributed by atoms with Crippen molar-refractivity contribution < 1.29 is 9.59 Å². The van der Waals surface area contributed by atoms with Crippen molar-refractivity contribution in [1.82, 2.24) is 4.90 Å². The van der Waals surface area contributed by atoms with Crippen molar-refractivity contribution in [3.05, 3.63) is 48.2 Å². The molecule has 0 saturated heterocycles. The van der Waals surface area contributed by atoms with Crippen LogP contribution in [0.2, 0.25) is 0 Å². The summed E-state index contributed by atoms with van der Waals surface area (Å²) in [4.78, 5) is 23.8. The number of benzene rings is 1. The van der Waals surface area contributed by atoms with Gasteiger partial charge in [0.15, 0.2) is 5.78 Å². The van der Waals surface area contributed by atoms with Crippen LogP contribution in [0, 0.1) is 0 Å². The maximum Gasteiger partial charge on any atom is 0.223 e. The zero-order valence-electron chi connectivity index (χ0n) is 8.81. The van der Waals surface area contributed by atoms with E-state index in [0.717, 1.165) is 0 Å². The van der Waals surface area contributed by atoms with Crippen LogP contribution in [0.4, 0.5) is 0 Å². The van der Waals surface area contributed by atoms with Gasteiger partial charge in [0.05, 0.1) is 0 Å². The Balaban J connectivity index is 2.68. The monoisotopic (exact) mass is 203 g/mol. The van der Waals surface area contributed by atoms with Gasteiger partial charge in [-0.3, -0.25) is 9.59 Å². The highest BCUT2D eigenvalue weighted by molar-refractivity contribution is 6.04. The van der Waals surface area contributed by atoms with E-state index in [4.69, 9.17) is 0 Å². The van der Waals surface area contributed by atoms with E-state index in [-0.39, 0.29) is 11.7 Å². The summed E-state index contributed by atoms with van der Waals surface area (Å²) in [6.07, 6.45) is 2.86. The Hall–Kier alpha value is -1.90. The Labute approximate surface area is 89.0 Å². The molecule has 3 heteroatoms. The Bertz CT molecular complexity index is 382. The van der Waals surface area contributed by atoms with E-state index in [1.165, 1.54) is 24.1 Å². The predicted molar refractivity (Wildman–Crippen MR) is 58.4 cm³/mol. The molecule has 0 spiro atoms. The summed E-state index contributed by atoms with van der Waals surface area (Å²) in [6, 6.07) is 8.93. The Kier molecular flexibility index (Phi) is 3.80. The van der Waals surface area contributed by atoms with Crippen molar-refractivity contribution in [2.75, 3.05) is 7.05 Å². The lowest BCUT2D eigenvalue weighted by Gasteiger charge is -2.06. The molecule has 0 unspecified atom stereocenters. The lowest BCUT2D eigenvalue weighted by atomic mass is 10.1. The third-order valence-corrected chi connectivity index (χ3v) is 2.00. The van der Waals surface area contributed by atoms with Crippen molar-refractivity contribution >= 4 is 11.7 Å². The van der Waals surface area contributed by atoms with Gasteiger partial charge in [0, 0.05) is 31.8 Å². The lowest BCUT2D eigenvalue weighted by molar-refractivity contribution is -0.125. The third kappa shape index (κ3) is 3.38. The first kappa shape index (κ1) is 11.2. The van der Waals surface area contributed by atoms with Crippen molar-refractivity contribution in [3.8, 4) is 0 Å². The van der Waals surface area contributed by atoms with Crippen LogP contribution in [-0.4, -0.2) is 23.6 Å². The normalized spacial score (nSPS) is 10.3. The van der Waals surface area contributed by atoms with Crippen molar-refractivity contribution in [2.24, 2.45) is 0 Å². The summed E-state index contributed by atoms with van der Waals surface area (Å²) in [5, 5.41) is 0. The maximum absolute atomic E-state index is 11.5. The highest BCUT2D eigenvalue weighted by atomic mass is 16.2. The first-order valence-electron chi connectivity index (χ1n) is 4.62. The van der Waals surface area contributed by atoms with Gasteiger partial charge in [-0.15, -0.1) is 0 Å². The van der Waals surface area contributed by atoms with Gasteiger partial charge < -0.3 is 4.90 Å². The molecule has 0 atom stereocenters. The quantitative estimate of drug-likeness (QED) is 0.555. The van der Waals surface area contributed by atoms with Crippen LogP contribution < -0.4 is 0 Å². The molecule has 1 rings (SSSR count). The molecule has 1 amide bonds. The SMILES string of the molecule is CC(=O)N(C)C=CC(=O)c1ccccc1. The molecule has 0 aliphatic heterocycles. The molecule has 78 valence electrons. The average Bonchev–Trinajstić information content (AvgIpc) is 2.26.